The lowest BCUT2D eigenvalue weighted by Crippen LogP contribution is -2.35. The third kappa shape index (κ3) is 4.26. The fourth-order valence-electron chi connectivity index (χ4n) is 7.42. The van der Waals surface area contributed by atoms with E-state index in [1.54, 1.807) is 0 Å². The molecule has 3 heterocycles. The van der Waals surface area contributed by atoms with Gasteiger partial charge in [0.1, 0.15) is 5.21 Å². The van der Waals surface area contributed by atoms with E-state index in [0.29, 0.717) is 0 Å². The second kappa shape index (κ2) is 10.9. The lowest BCUT2D eigenvalue weighted by molar-refractivity contribution is -0.650. The molecule has 0 spiro atoms. The lowest BCUT2D eigenvalue weighted by atomic mass is 10.1. The molecule has 10 aromatic rings. The summed E-state index contributed by atoms with van der Waals surface area (Å²) < 4.78 is 8.79. The van der Waals surface area contributed by atoms with Gasteiger partial charge < -0.3 is 9.13 Å². The average Bonchev–Trinajstić information content (AvgIpc) is 3.87. The molecule has 0 saturated carbocycles. The summed E-state index contributed by atoms with van der Waals surface area (Å²) in [7, 11) is 0. The molecule has 3 aromatic heterocycles. The van der Waals surface area contributed by atoms with Crippen LogP contribution in [0.2, 0.25) is 0 Å². The Morgan fingerprint density at radius 2 is 0.980 bits per heavy atom. The molecule has 0 saturated heterocycles. The van der Waals surface area contributed by atoms with Crippen molar-refractivity contribution in [2.24, 2.45) is 0 Å². The summed E-state index contributed by atoms with van der Waals surface area (Å²) in [6.45, 7) is 0. The van der Waals surface area contributed by atoms with E-state index in [4.69, 9.17) is 5.21 Å². The molecule has 0 aliphatic rings. The molecular weight excluding hydrogens is 599 g/mol. The first-order chi connectivity index (χ1) is 24.3. The van der Waals surface area contributed by atoms with Gasteiger partial charge in [-0.05, 0) is 66.7 Å². The zero-order chi connectivity index (χ0) is 32.3. The van der Waals surface area contributed by atoms with Crippen LogP contribution in [0.15, 0.2) is 182 Å². The molecule has 7 aromatic carbocycles. The molecule has 10 rings (SSSR count). The zero-order valence-corrected chi connectivity index (χ0v) is 26.6. The molecule has 0 unspecified atom stereocenters. The predicted octanol–water partition coefficient (Wildman–Crippen LogP) is 10.0. The van der Waals surface area contributed by atoms with Crippen molar-refractivity contribution in [2.45, 2.75) is 0 Å². The van der Waals surface area contributed by atoms with E-state index in [1.165, 1.54) is 43.6 Å². The third-order valence-corrected chi connectivity index (χ3v) is 9.59. The van der Waals surface area contributed by atoms with Crippen LogP contribution in [-0.4, -0.2) is 19.0 Å². The van der Waals surface area contributed by atoms with Crippen LogP contribution in [0.4, 0.5) is 0 Å². The van der Waals surface area contributed by atoms with Crippen molar-refractivity contribution in [3.8, 4) is 34.0 Å². The minimum absolute atomic E-state index is 0.989. The quantitative estimate of drug-likeness (QED) is 0.175. The van der Waals surface area contributed by atoms with Crippen molar-refractivity contribution in [1.29, 1.82) is 0 Å². The summed E-state index contributed by atoms with van der Waals surface area (Å²) in [5.74, 6) is 0. The van der Waals surface area contributed by atoms with Gasteiger partial charge in [0.05, 0.1) is 22.1 Å². The van der Waals surface area contributed by atoms with Gasteiger partial charge in [-0.15, -0.1) is 4.68 Å². The number of aromatic nitrogens is 5. The normalized spacial score (nSPS) is 11.7. The summed E-state index contributed by atoms with van der Waals surface area (Å²) in [5, 5.41) is 10.0. The van der Waals surface area contributed by atoms with Crippen molar-refractivity contribution in [1.82, 2.24) is 19.0 Å². The predicted molar refractivity (Wildman–Crippen MR) is 199 cm³/mol. The molecule has 0 aliphatic heterocycles. The summed E-state index contributed by atoms with van der Waals surface area (Å²) in [4.78, 5) is 0. The summed E-state index contributed by atoms with van der Waals surface area (Å²) >= 11 is 0. The Bertz CT molecular complexity index is 2730. The SMILES string of the molecule is c1ccc(-c2cn(-c3ccc(-n4c5ccccc5c5c4ccc4c6ccccc6n(-c6ccccc6)c45)cc3)n[n+]2-c2ccccc2)cc1. The fourth-order valence-corrected chi connectivity index (χ4v) is 7.42. The van der Waals surface area contributed by atoms with Gasteiger partial charge in [0.25, 0.3) is 0 Å². The lowest BCUT2D eigenvalue weighted by Gasteiger charge is -2.10. The van der Waals surface area contributed by atoms with Gasteiger partial charge in [0.15, 0.2) is 17.6 Å². The third-order valence-electron chi connectivity index (χ3n) is 9.59. The Kier molecular flexibility index (Phi) is 6.11. The first-order valence-electron chi connectivity index (χ1n) is 16.6. The van der Waals surface area contributed by atoms with E-state index in [0.717, 1.165) is 34.0 Å². The number of benzene rings is 7. The van der Waals surface area contributed by atoms with E-state index in [9.17, 15) is 0 Å². The maximum atomic E-state index is 5.04. The molecule has 0 amide bonds. The smallest absolute Gasteiger partial charge is 0.204 e. The van der Waals surface area contributed by atoms with Crippen LogP contribution in [0.5, 0.6) is 0 Å². The number of fused-ring (bicyclic) bond motifs is 7. The molecule has 0 aliphatic carbocycles. The Balaban J connectivity index is 1.17. The minimum Gasteiger partial charge on any atom is -0.309 e. The maximum absolute atomic E-state index is 5.04. The van der Waals surface area contributed by atoms with Gasteiger partial charge in [0.2, 0.25) is 5.69 Å². The van der Waals surface area contributed by atoms with Crippen LogP contribution >= 0.6 is 0 Å². The Morgan fingerprint density at radius 3 is 1.71 bits per heavy atom. The number of nitrogens with zero attached hydrogens (tertiary/aromatic N) is 5. The second-order valence-electron chi connectivity index (χ2n) is 12.4. The van der Waals surface area contributed by atoms with Crippen molar-refractivity contribution in [3.05, 3.63) is 182 Å². The van der Waals surface area contributed by atoms with Crippen LogP contribution in [0.3, 0.4) is 0 Å². The molecule has 0 radical (unpaired) electrons. The highest BCUT2D eigenvalue weighted by Crippen LogP contribution is 2.41. The molecule has 0 fully saturated rings. The number of hydrogen-bond acceptors (Lipinski definition) is 1. The summed E-state index contributed by atoms with van der Waals surface area (Å²) in [5.41, 5.74) is 11.2. The Labute approximate surface area is 282 Å². The van der Waals surface area contributed by atoms with Crippen LogP contribution in [-0.2, 0) is 0 Å². The van der Waals surface area contributed by atoms with Crippen molar-refractivity contribution in [2.75, 3.05) is 0 Å². The van der Waals surface area contributed by atoms with Gasteiger partial charge in [-0.3, -0.25) is 0 Å². The summed E-state index contributed by atoms with van der Waals surface area (Å²) in [6.07, 6.45) is 2.11. The van der Waals surface area contributed by atoms with Crippen LogP contribution in [0.25, 0.3) is 77.6 Å². The first-order valence-corrected chi connectivity index (χ1v) is 16.6. The van der Waals surface area contributed by atoms with Crippen molar-refractivity contribution >= 4 is 43.6 Å². The molecule has 0 N–H and O–H groups in total. The van der Waals surface area contributed by atoms with Crippen LogP contribution < -0.4 is 4.68 Å². The first kappa shape index (κ1) is 27.4. The standard InChI is InChI=1S/C44H30N5/c1-4-14-31(15-5-1)42-30-46(45-49(42)35-18-8-3-9-19-35)32-24-26-34(27-25-32)47-40-23-13-11-21-38(40)43-41(47)29-28-37-36-20-10-12-22-39(36)48(44(37)43)33-16-6-2-7-17-33/h1-30H/q+1. The molecule has 0 atom stereocenters. The minimum atomic E-state index is 0.989. The maximum Gasteiger partial charge on any atom is 0.204 e. The second-order valence-corrected chi connectivity index (χ2v) is 12.4. The van der Waals surface area contributed by atoms with Crippen molar-refractivity contribution < 1.29 is 4.68 Å². The molecule has 230 valence electrons. The van der Waals surface area contributed by atoms with E-state index in [1.807, 2.05) is 33.6 Å². The van der Waals surface area contributed by atoms with E-state index >= 15 is 0 Å². The van der Waals surface area contributed by atoms with Crippen LogP contribution in [0, 0.1) is 0 Å². The highest BCUT2D eigenvalue weighted by molar-refractivity contribution is 6.26. The van der Waals surface area contributed by atoms with E-state index in [2.05, 4.69) is 167 Å². The van der Waals surface area contributed by atoms with E-state index < -0.39 is 0 Å². The van der Waals surface area contributed by atoms with Gasteiger partial charge in [-0.1, -0.05) is 114 Å². The molecular formula is C44H30N5+. The van der Waals surface area contributed by atoms with Gasteiger partial charge in [0, 0.05) is 38.5 Å². The number of rotatable bonds is 5. The van der Waals surface area contributed by atoms with Gasteiger partial charge in [-0.2, -0.15) is 0 Å². The highest BCUT2D eigenvalue weighted by atomic mass is 15.5. The number of hydrogen-bond donors (Lipinski definition) is 0. The van der Waals surface area contributed by atoms with Gasteiger partial charge >= 0.3 is 0 Å². The molecule has 5 heteroatoms. The molecule has 49 heavy (non-hydrogen) atoms. The topological polar surface area (TPSA) is 31.6 Å². The summed E-state index contributed by atoms with van der Waals surface area (Å²) in [6, 6.07) is 62.2. The monoisotopic (exact) mass is 628 g/mol. The molecule has 5 nitrogen and oxygen atoms in total. The fraction of sp³-hybridized carbons (Fsp3) is 0. The number of para-hydroxylation sites is 4. The van der Waals surface area contributed by atoms with Crippen molar-refractivity contribution in [3.63, 3.8) is 0 Å². The molecule has 0 bridgehead atoms. The Hall–Kier alpha value is -6.72. The van der Waals surface area contributed by atoms with Crippen LogP contribution in [0.1, 0.15) is 0 Å². The zero-order valence-electron chi connectivity index (χ0n) is 26.6. The highest BCUT2D eigenvalue weighted by Gasteiger charge is 2.23. The average molecular weight is 629 g/mol. The Morgan fingerprint density at radius 1 is 0.408 bits per heavy atom. The van der Waals surface area contributed by atoms with E-state index in [-0.39, 0.29) is 0 Å². The van der Waals surface area contributed by atoms with Gasteiger partial charge in [-0.25, -0.2) is 0 Å². The largest absolute Gasteiger partial charge is 0.309 e.